The Kier molecular flexibility index (Phi) is 5.83. The topological polar surface area (TPSA) is 9.23 Å². The lowest BCUT2D eigenvalue weighted by Crippen LogP contribution is -2.00. The first-order valence-corrected chi connectivity index (χ1v) is 7.38. The van der Waals surface area contributed by atoms with Crippen LogP contribution in [0.4, 0.5) is 0 Å². The monoisotopic (exact) mass is 278 g/mol. The van der Waals surface area contributed by atoms with Crippen LogP contribution in [0.3, 0.4) is 0 Å². The molecule has 0 aliphatic rings. The van der Waals surface area contributed by atoms with Gasteiger partial charge in [0.15, 0.2) is 0 Å². The average Bonchev–Trinajstić information content (AvgIpc) is 2.55. The maximum Gasteiger partial charge on any atom is 0.104 e. The summed E-state index contributed by atoms with van der Waals surface area (Å²) >= 11 is 0. The molecule has 0 heterocycles. The summed E-state index contributed by atoms with van der Waals surface area (Å²) < 4.78 is 6.08. The van der Waals surface area contributed by atoms with Crippen LogP contribution >= 0.6 is 0 Å². The molecule has 2 aromatic rings. The number of ether oxygens (including phenoxy) is 1. The Balaban J connectivity index is 2.00. The van der Waals surface area contributed by atoms with E-state index in [1.165, 1.54) is 11.1 Å². The van der Waals surface area contributed by atoms with E-state index in [-0.39, 0.29) is 0 Å². The van der Waals surface area contributed by atoms with E-state index in [1.807, 2.05) is 38.1 Å². The molecule has 0 N–H and O–H groups in total. The first-order valence-electron chi connectivity index (χ1n) is 7.38. The van der Waals surface area contributed by atoms with Gasteiger partial charge in [0, 0.05) is 12.8 Å². The van der Waals surface area contributed by atoms with E-state index >= 15 is 0 Å². The number of hydrogen-bond acceptors (Lipinski definition) is 1. The SMILES string of the molecule is C/C=C(/Cc1ccccc1)O/C(=C\C)Cc1ccccc1. The Labute approximate surface area is 127 Å². The average molecular weight is 278 g/mol. The standard InChI is InChI=1S/C20H22O/c1-3-19(15-17-11-7-5-8-12-17)21-20(4-2)16-18-13-9-6-10-14-18/h3-14H,15-16H2,1-2H3/b19-3-,20-4-. The number of hydrogen-bond donors (Lipinski definition) is 0. The van der Waals surface area contributed by atoms with Crippen molar-refractivity contribution < 1.29 is 4.74 Å². The maximum atomic E-state index is 6.08. The first kappa shape index (κ1) is 15.1. The summed E-state index contributed by atoms with van der Waals surface area (Å²) in [4.78, 5) is 0. The van der Waals surface area contributed by atoms with Gasteiger partial charge in [-0.25, -0.2) is 0 Å². The van der Waals surface area contributed by atoms with Crippen molar-refractivity contribution in [2.24, 2.45) is 0 Å². The van der Waals surface area contributed by atoms with Gasteiger partial charge in [-0.2, -0.15) is 0 Å². The van der Waals surface area contributed by atoms with Crippen LogP contribution in [-0.4, -0.2) is 0 Å². The van der Waals surface area contributed by atoms with Crippen molar-refractivity contribution >= 4 is 0 Å². The molecule has 1 heteroatoms. The number of rotatable bonds is 6. The fourth-order valence-corrected chi connectivity index (χ4v) is 2.16. The van der Waals surface area contributed by atoms with Gasteiger partial charge in [-0.3, -0.25) is 0 Å². The van der Waals surface area contributed by atoms with Gasteiger partial charge in [-0.15, -0.1) is 0 Å². The van der Waals surface area contributed by atoms with Gasteiger partial charge in [0.25, 0.3) is 0 Å². The zero-order chi connectivity index (χ0) is 14.9. The molecule has 0 radical (unpaired) electrons. The van der Waals surface area contributed by atoms with Crippen molar-refractivity contribution in [3.8, 4) is 0 Å². The quantitative estimate of drug-likeness (QED) is 0.652. The molecule has 0 saturated carbocycles. The molecule has 2 rings (SSSR count). The Morgan fingerprint density at radius 2 is 1.10 bits per heavy atom. The molecule has 108 valence electrons. The van der Waals surface area contributed by atoms with Crippen molar-refractivity contribution in [1.82, 2.24) is 0 Å². The molecule has 0 aliphatic carbocycles. The summed E-state index contributed by atoms with van der Waals surface area (Å²) in [6, 6.07) is 20.8. The first-order chi connectivity index (χ1) is 10.3. The second-order valence-electron chi connectivity index (χ2n) is 4.94. The second kappa shape index (κ2) is 8.11. The van der Waals surface area contributed by atoms with E-state index in [1.54, 1.807) is 0 Å². The van der Waals surface area contributed by atoms with Crippen LogP contribution in [0.1, 0.15) is 25.0 Å². The molecular formula is C20H22O. The molecule has 2 aromatic carbocycles. The lowest BCUT2D eigenvalue weighted by molar-refractivity contribution is 0.287. The minimum absolute atomic E-state index is 0.823. The predicted octanol–water partition coefficient (Wildman–Crippen LogP) is 5.30. The van der Waals surface area contributed by atoms with Crippen molar-refractivity contribution in [1.29, 1.82) is 0 Å². The second-order valence-corrected chi connectivity index (χ2v) is 4.94. The molecule has 0 atom stereocenters. The molecule has 0 spiro atoms. The third-order valence-corrected chi connectivity index (χ3v) is 3.35. The summed E-state index contributed by atoms with van der Waals surface area (Å²) in [6.07, 6.45) is 5.73. The molecule has 21 heavy (non-hydrogen) atoms. The molecule has 0 amide bonds. The maximum absolute atomic E-state index is 6.08. The lowest BCUT2D eigenvalue weighted by atomic mass is 10.1. The molecular weight excluding hydrogens is 256 g/mol. The molecule has 0 saturated heterocycles. The minimum atomic E-state index is 0.823. The van der Waals surface area contributed by atoms with E-state index in [0.717, 1.165) is 24.4 Å². The van der Waals surface area contributed by atoms with Crippen LogP contribution in [0.15, 0.2) is 84.3 Å². The molecule has 1 nitrogen and oxygen atoms in total. The van der Waals surface area contributed by atoms with Crippen LogP contribution in [-0.2, 0) is 17.6 Å². The highest BCUT2D eigenvalue weighted by atomic mass is 16.5. The highest BCUT2D eigenvalue weighted by molar-refractivity contribution is 5.22. The van der Waals surface area contributed by atoms with Gasteiger partial charge in [0.05, 0.1) is 0 Å². The van der Waals surface area contributed by atoms with Crippen LogP contribution in [0.25, 0.3) is 0 Å². The summed E-state index contributed by atoms with van der Waals surface area (Å²) in [5.41, 5.74) is 2.53. The van der Waals surface area contributed by atoms with Gasteiger partial charge in [-0.05, 0) is 37.1 Å². The Bertz CT molecular complexity index is 539. The van der Waals surface area contributed by atoms with E-state index in [2.05, 4.69) is 48.5 Å². The van der Waals surface area contributed by atoms with Gasteiger partial charge < -0.3 is 4.74 Å². The molecule has 0 unspecified atom stereocenters. The third-order valence-electron chi connectivity index (χ3n) is 3.35. The smallest absolute Gasteiger partial charge is 0.104 e. The van der Waals surface area contributed by atoms with Crippen molar-refractivity contribution in [3.05, 3.63) is 95.5 Å². The normalized spacial score (nSPS) is 12.3. The summed E-state index contributed by atoms with van der Waals surface area (Å²) in [5, 5.41) is 0. The van der Waals surface area contributed by atoms with Crippen LogP contribution in [0, 0.1) is 0 Å². The van der Waals surface area contributed by atoms with Gasteiger partial charge in [0.1, 0.15) is 11.5 Å². The molecule has 0 bridgehead atoms. The minimum Gasteiger partial charge on any atom is -0.466 e. The molecule has 0 fully saturated rings. The predicted molar refractivity (Wildman–Crippen MR) is 88.9 cm³/mol. The van der Waals surface area contributed by atoms with Crippen LogP contribution in [0.2, 0.25) is 0 Å². The van der Waals surface area contributed by atoms with Crippen molar-refractivity contribution in [2.75, 3.05) is 0 Å². The summed E-state index contributed by atoms with van der Waals surface area (Å²) in [7, 11) is 0. The van der Waals surface area contributed by atoms with E-state index in [4.69, 9.17) is 4.74 Å². The third kappa shape index (κ3) is 4.96. The van der Waals surface area contributed by atoms with Gasteiger partial charge in [-0.1, -0.05) is 60.7 Å². The fraction of sp³-hybridized carbons (Fsp3) is 0.200. The van der Waals surface area contributed by atoms with Gasteiger partial charge >= 0.3 is 0 Å². The van der Waals surface area contributed by atoms with E-state index in [0.29, 0.717) is 0 Å². The van der Waals surface area contributed by atoms with Crippen molar-refractivity contribution in [3.63, 3.8) is 0 Å². The summed E-state index contributed by atoms with van der Waals surface area (Å²) in [6.45, 7) is 4.04. The van der Waals surface area contributed by atoms with Crippen LogP contribution < -0.4 is 0 Å². The zero-order valence-electron chi connectivity index (χ0n) is 12.8. The fourth-order valence-electron chi connectivity index (χ4n) is 2.16. The molecule has 0 aliphatic heterocycles. The highest BCUT2D eigenvalue weighted by Gasteiger charge is 2.05. The summed E-state index contributed by atoms with van der Waals surface area (Å²) in [5.74, 6) is 1.98. The Morgan fingerprint density at radius 3 is 1.43 bits per heavy atom. The number of benzene rings is 2. The molecule has 0 aromatic heterocycles. The number of allylic oxidation sites excluding steroid dienone is 4. The zero-order valence-corrected chi connectivity index (χ0v) is 12.8. The largest absolute Gasteiger partial charge is 0.466 e. The van der Waals surface area contributed by atoms with E-state index < -0.39 is 0 Å². The van der Waals surface area contributed by atoms with Crippen molar-refractivity contribution in [2.45, 2.75) is 26.7 Å². The van der Waals surface area contributed by atoms with E-state index in [9.17, 15) is 0 Å². The van der Waals surface area contributed by atoms with Crippen LogP contribution in [0.5, 0.6) is 0 Å². The van der Waals surface area contributed by atoms with Gasteiger partial charge in [0.2, 0.25) is 0 Å². The Hall–Kier alpha value is -2.28. The highest BCUT2D eigenvalue weighted by Crippen LogP contribution is 2.16. The Morgan fingerprint density at radius 1 is 0.714 bits per heavy atom. The lowest BCUT2D eigenvalue weighted by Gasteiger charge is -2.13.